The van der Waals surface area contributed by atoms with Crippen LogP contribution in [-0.2, 0) is 9.47 Å². The molecule has 0 saturated heterocycles. The number of hydrogen-bond donors (Lipinski definition) is 0. The maximum absolute atomic E-state index is 12.2. The first-order valence-electron chi connectivity index (χ1n) is 8.94. The molecule has 1 aliphatic rings. The molecule has 1 atom stereocenters. The predicted molar refractivity (Wildman–Crippen MR) is 102 cm³/mol. The Morgan fingerprint density at radius 2 is 1.63 bits per heavy atom. The molecule has 0 spiro atoms. The molecule has 0 saturated carbocycles. The van der Waals surface area contributed by atoms with Crippen LogP contribution in [0.15, 0.2) is 60.7 Å². The Hall–Kier alpha value is -3.08. The van der Waals surface area contributed by atoms with Gasteiger partial charge in [-0.2, -0.15) is 0 Å². The third kappa shape index (κ3) is 5.20. The third-order valence-electron chi connectivity index (χ3n) is 4.50. The molecule has 27 heavy (non-hydrogen) atoms. The molecule has 0 amide bonds. The normalized spacial score (nSPS) is 15.8. The van der Waals surface area contributed by atoms with Crippen molar-refractivity contribution in [2.75, 3.05) is 13.7 Å². The van der Waals surface area contributed by atoms with Gasteiger partial charge in [-0.3, -0.25) is 0 Å². The van der Waals surface area contributed by atoms with Crippen LogP contribution in [0.2, 0.25) is 0 Å². The highest BCUT2D eigenvalue weighted by Gasteiger charge is 2.14. The summed E-state index contributed by atoms with van der Waals surface area (Å²) in [5.41, 5.74) is 2.44. The van der Waals surface area contributed by atoms with Crippen molar-refractivity contribution in [2.24, 2.45) is 5.92 Å². The zero-order valence-corrected chi connectivity index (χ0v) is 15.2. The molecule has 0 radical (unpaired) electrons. The number of rotatable bonds is 5. The maximum Gasteiger partial charge on any atom is 0.513 e. The van der Waals surface area contributed by atoms with Crippen LogP contribution in [0.3, 0.4) is 0 Å². The van der Waals surface area contributed by atoms with Crippen LogP contribution in [0.4, 0.5) is 4.79 Å². The summed E-state index contributed by atoms with van der Waals surface area (Å²) < 4.78 is 14.9. The molecule has 0 aromatic heterocycles. The standard InChI is InChI=1S/C22H22O5/c1-25-22(24)27-20-13-11-18(12-14-20)17-7-9-19(10-8-17)21(23)26-15-16-5-3-2-4-6-16/h2-3,7-14,16H,4-6,15H2,1H3. The lowest BCUT2D eigenvalue weighted by molar-refractivity contribution is 0.0432. The van der Waals surface area contributed by atoms with E-state index in [1.807, 2.05) is 24.3 Å². The third-order valence-corrected chi connectivity index (χ3v) is 4.50. The molecule has 3 rings (SSSR count). The topological polar surface area (TPSA) is 61.8 Å². The Morgan fingerprint density at radius 3 is 2.22 bits per heavy atom. The van der Waals surface area contributed by atoms with E-state index in [2.05, 4.69) is 16.9 Å². The van der Waals surface area contributed by atoms with Crippen molar-refractivity contribution in [3.8, 4) is 16.9 Å². The summed E-state index contributed by atoms with van der Waals surface area (Å²) in [5.74, 6) is 0.533. The lowest BCUT2D eigenvalue weighted by Crippen LogP contribution is -2.15. The minimum Gasteiger partial charge on any atom is -0.462 e. The molecule has 0 N–H and O–H groups in total. The summed E-state index contributed by atoms with van der Waals surface area (Å²) in [5, 5.41) is 0. The van der Waals surface area contributed by atoms with Gasteiger partial charge in [-0.1, -0.05) is 36.4 Å². The minimum absolute atomic E-state index is 0.294. The number of allylic oxidation sites excluding steroid dienone is 2. The highest BCUT2D eigenvalue weighted by molar-refractivity contribution is 5.90. The second-order valence-corrected chi connectivity index (χ2v) is 6.41. The van der Waals surface area contributed by atoms with Crippen molar-refractivity contribution in [1.29, 1.82) is 0 Å². The summed E-state index contributed by atoms with van der Waals surface area (Å²) in [4.78, 5) is 23.3. The second-order valence-electron chi connectivity index (χ2n) is 6.41. The van der Waals surface area contributed by atoms with Crippen LogP contribution in [-0.4, -0.2) is 25.8 Å². The summed E-state index contributed by atoms with van der Waals surface area (Å²) in [6.07, 6.45) is 6.67. The summed E-state index contributed by atoms with van der Waals surface area (Å²) >= 11 is 0. The quantitative estimate of drug-likeness (QED) is 0.423. The van der Waals surface area contributed by atoms with Gasteiger partial charge in [0, 0.05) is 0 Å². The SMILES string of the molecule is COC(=O)Oc1ccc(-c2ccc(C(=O)OCC3CC=CCC3)cc2)cc1. The molecular weight excluding hydrogens is 344 g/mol. The maximum atomic E-state index is 12.2. The Kier molecular flexibility index (Phi) is 6.26. The average Bonchev–Trinajstić information content (AvgIpc) is 2.73. The number of hydrogen-bond acceptors (Lipinski definition) is 5. The Morgan fingerprint density at radius 1 is 0.963 bits per heavy atom. The molecule has 2 aromatic carbocycles. The first-order valence-corrected chi connectivity index (χ1v) is 8.94. The zero-order valence-electron chi connectivity index (χ0n) is 15.2. The molecule has 0 aliphatic heterocycles. The van der Waals surface area contributed by atoms with Crippen molar-refractivity contribution >= 4 is 12.1 Å². The number of benzene rings is 2. The number of carbonyl (C=O) groups is 2. The van der Waals surface area contributed by atoms with Crippen LogP contribution in [0.1, 0.15) is 29.6 Å². The minimum atomic E-state index is -0.755. The first kappa shape index (κ1) is 18.7. The Bertz CT molecular complexity index is 806. The van der Waals surface area contributed by atoms with Crippen LogP contribution >= 0.6 is 0 Å². The van der Waals surface area contributed by atoms with Gasteiger partial charge >= 0.3 is 12.1 Å². The van der Waals surface area contributed by atoms with Gasteiger partial charge in [0.2, 0.25) is 0 Å². The van der Waals surface area contributed by atoms with Crippen LogP contribution in [0.25, 0.3) is 11.1 Å². The number of carbonyl (C=O) groups excluding carboxylic acids is 2. The van der Waals surface area contributed by atoms with Gasteiger partial charge in [-0.15, -0.1) is 0 Å². The molecule has 5 nitrogen and oxygen atoms in total. The van der Waals surface area contributed by atoms with Crippen LogP contribution in [0.5, 0.6) is 5.75 Å². The van der Waals surface area contributed by atoms with E-state index >= 15 is 0 Å². The number of esters is 1. The van der Waals surface area contributed by atoms with Crippen molar-refractivity contribution in [2.45, 2.75) is 19.3 Å². The largest absolute Gasteiger partial charge is 0.513 e. The van der Waals surface area contributed by atoms with E-state index in [0.29, 0.717) is 23.8 Å². The Balaban J connectivity index is 1.58. The van der Waals surface area contributed by atoms with E-state index in [9.17, 15) is 9.59 Å². The average molecular weight is 366 g/mol. The Labute approximate surface area is 158 Å². The number of ether oxygens (including phenoxy) is 3. The van der Waals surface area contributed by atoms with E-state index in [1.54, 1.807) is 24.3 Å². The fraction of sp³-hybridized carbons (Fsp3) is 0.273. The molecule has 0 heterocycles. The van der Waals surface area contributed by atoms with Gasteiger partial charge in [-0.05, 0) is 60.6 Å². The molecule has 2 aromatic rings. The van der Waals surface area contributed by atoms with E-state index in [1.165, 1.54) is 7.11 Å². The van der Waals surface area contributed by atoms with Crippen molar-refractivity contribution < 1.29 is 23.8 Å². The monoisotopic (exact) mass is 366 g/mol. The van der Waals surface area contributed by atoms with E-state index in [0.717, 1.165) is 30.4 Å². The summed E-state index contributed by atoms with van der Waals surface area (Å²) in [6, 6.07) is 14.3. The van der Waals surface area contributed by atoms with Crippen molar-refractivity contribution in [3.05, 3.63) is 66.2 Å². The molecular formula is C22H22O5. The van der Waals surface area contributed by atoms with Gasteiger partial charge in [-0.25, -0.2) is 9.59 Å². The molecule has 140 valence electrons. The van der Waals surface area contributed by atoms with E-state index < -0.39 is 6.16 Å². The smallest absolute Gasteiger partial charge is 0.462 e. The van der Waals surface area contributed by atoms with E-state index in [-0.39, 0.29) is 5.97 Å². The van der Waals surface area contributed by atoms with Crippen LogP contribution in [0, 0.1) is 5.92 Å². The fourth-order valence-corrected chi connectivity index (χ4v) is 2.94. The van der Waals surface area contributed by atoms with Gasteiger partial charge in [0.1, 0.15) is 5.75 Å². The molecule has 0 fully saturated rings. The van der Waals surface area contributed by atoms with Crippen molar-refractivity contribution in [1.82, 2.24) is 0 Å². The molecule has 1 unspecified atom stereocenters. The predicted octanol–water partition coefficient (Wildman–Crippen LogP) is 5.01. The summed E-state index contributed by atoms with van der Waals surface area (Å²) in [6.45, 7) is 0.465. The molecule has 1 aliphatic carbocycles. The van der Waals surface area contributed by atoms with Gasteiger partial charge < -0.3 is 14.2 Å². The van der Waals surface area contributed by atoms with Gasteiger partial charge in [0.15, 0.2) is 0 Å². The highest BCUT2D eigenvalue weighted by atomic mass is 16.7. The fourth-order valence-electron chi connectivity index (χ4n) is 2.94. The highest BCUT2D eigenvalue weighted by Crippen LogP contribution is 2.24. The molecule has 0 bridgehead atoms. The van der Waals surface area contributed by atoms with Gasteiger partial charge in [0.25, 0.3) is 0 Å². The second kappa shape index (κ2) is 9.03. The van der Waals surface area contributed by atoms with E-state index in [4.69, 9.17) is 9.47 Å². The zero-order chi connectivity index (χ0) is 19.1. The summed E-state index contributed by atoms with van der Waals surface area (Å²) in [7, 11) is 1.26. The van der Waals surface area contributed by atoms with Crippen molar-refractivity contribution in [3.63, 3.8) is 0 Å². The lowest BCUT2D eigenvalue weighted by Gasteiger charge is -2.17. The molecule has 5 heteroatoms. The van der Waals surface area contributed by atoms with Gasteiger partial charge in [0.05, 0.1) is 19.3 Å². The first-order chi connectivity index (χ1) is 13.2. The number of methoxy groups -OCH3 is 1. The van der Waals surface area contributed by atoms with Crippen LogP contribution < -0.4 is 4.74 Å². The lowest BCUT2D eigenvalue weighted by atomic mass is 9.95.